The molecule has 0 saturated heterocycles. The molecule has 2 amide bonds. The summed E-state index contributed by atoms with van der Waals surface area (Å²) in [7, 11) is 0. The lowest BCUT2D eigenvalue weighted by Gasteiger charge is -2.19. The van der Waals surface area contributed by atoms with E-state index in [1.54, 1.807) is 12.1 Å². The highest BCUT2D eigenvalue weighted by Crippen LogP contribution is 2.16. The van der Waals surface area contributed by atoms with E-state index in [4.69, 9.17) is 0 Å². The number of carbonyl (C=O) groups excluding carboxylic acids is 2. The Labute approximate surface area is 150 Å². The molecule has 0 aliphatic carbocycles. The summed E-state index contributed by atoms with van der Waals surface area (Å²) in [6, 6.07) is 22.6. The molecule has 0 aliphatic heterocycles. The van der Waals surface area contributed by atoms with Crippen molar-refractivity contribution in [1.29, 1.82) is 0 Å². The van der Waals surface area contributed by atoms with E-state index in [9.17, 15) is 9.59 Å². The van der Waals surface area contributed by atoms with E-state index in [0.29, 0.717) is 4.88 Å². The van der Waals surface area contributed by atoms with Crippen LogP contribution in [0.15, 0.2) is 84.3 Å². The monoisotopic (exact) mass is 347 g/mol. The highest BCUT2D eigenvalue weighted by atomic mass is 32.1. The zero-order valence-electron chi connectivity index (χ0n) is 13.5. The molecule has 1 heterocycles. The predicted molar refractivity (Wildman–Crippen MR) is 101 cm³/mol. The van der Waals surface area contributed by atoms with Gasteiger partial charge in [-0.25, -0.2) is 0 Å². The summed E-state index contributed by atoms with van der Waals surface area (Å²) in [5, 5.41) is 1.83. The van der Waals surface area contributed by atoms with Crippen LogP contribution < -0.4 is 0 Å². The van der Waals surface area contributed by atoms with E-state index in [1.807, 2.05) is 72.1 Å². The van der Waals surface area contributed by atoms with E-state index in [-0.39, 0.29) is 18.4 Å². The molecule has 0 bridgehead atoms. The molecular formula is C21H17NO2S. The van der Waals surface area contributed by atoms with Gasteiger partial charge < -0.3 is 0 Å². The van der Waals surface area contributed by atoms with Gasteiger partial charge in [-0.2, -0.15) is 0 Å². The van der Waals surface area contributed by atoms with Crippen molar-refractivity contribution in [2.45, 2.75) is 6.54 Å². The fraction of sp³-hybridized carbons (Fsp3) is 0.0476. The number of rotatable bonds is 5. The molecule has 0 aliphatic rings. The Kier molecular flexibility index (Phi) is 5.54. The summed E-state index contributed by atoms with van der Waals surface area (Å²) >= 11 is 1.33. The van der Waals surface area contributed by atoms with Gasteiger partial charge in [0.05, 0.1) is 11.4 Å². The number of nitrogens with zero attached hydrogens (tertiary/aromatic N) is 1. The molecule has 0 unspecified atom stereocenters. The van der Waals surface area contributed by atoms with Crippen LogP contribution in [-0.4, -0.2) is 16.7 Å². The van der Waals surface area contributed by atoms with Gasteiger partial charge in [0.2, 0.25) is 0 Å². The summed E-state index contributed by atoms with van der Waals surface area (Å²) < 4.78 is 0. The van der Waals surface area contributed by atoms with Crippen molar-refractivity contribution in [3.8, 4) is 0 Å². The standard InChI is InChI=1S/C21H17NO2S/c23-20(14-13-17-8-3-1-4-9-17)22(16-18-10-5-2-6-11-18)21(24)19-12-7-15-25-19/h1-15H,16H2/b14-13+. The second kappa shape index (κ2) is 8.22. The summed E-state index contributed by atoms with van der Waals surface area (Å²) in [5.41, 5.74) is 1.83. The van der Waals surface area contributed by atoms with Gasteiger partial charge in [0.1, 0.15) is 0 Å². The second-order valence-electron chi connectivity index (χ2n) is 5.44. The third kappa shape index (κ3) is 4.52. The van der Waals surface area contributed by atoms with Crippen molar-refractivity contribution >= 4 is 29.2 Å². The molecule has 3 nitrogen and oxygen atoms in total. The number of imide groups is 1. The third-order valence-electron chi connectivity index (χ3n) is 3.64. The number of benzene rings is 2. The maximum Gasteiger partial charge on any atom is 0.271 e. The molecular weight excluding hydrogens is 330 g/mol. The minimum Gasteiger partial charge on any atom is -0.270 e. The molecule has 1 aromatic heterocycles. The number of carbonyl (C=O) groups is 2. The summed E-state index contributed by atoms with van der Waals surface area (Å²) in [6.45, 7) is 0.246. The average Bonchev–Trinajstić information content (AvgIpc) is 3.20. The van der Waals surface area contributed by atoms with Crippen molar-refractivity contribution in [1.82, 2.24) is 4.90 Å². The summed E-state index contributed by atoms with van der Waals surface area (Å²) in [4.78, 5) is 27.3. The second-order valence-corrected chi connectivity index (χ2v) is 6.38. The average molecular weight is 347 g/mol. The molecule has 0 N–H and O–H groups in total. The Morgan fingerprint density at radius 1 is 0.880 bits per heavy atom. The van der Waals surface area contributed by atoms with Gasteiger partial charge in [-0.05, 0) is 28.6 Å². The van der Waals surface area contributed by atoms with Crippen LogP contribution in [0.1, 0.15) is 20.8 Å². The first-order valence-corrected chi connectivity index (χ1v) is 8.78. The Balaban J connectivity index is 1.83. The molecule has 0 radical (unpaired) electrons. The van der Waals surface area contributed by atoms with Crippen LogP contribution in [0, 0.1) is 0 Å². The fourth-order valence-corrected chi connectivity index (χ4v) is 3.04. The van der Waals surface area contributed by atoms with Crippen LogP contribution in [0.2, 0.25) is 0 Å². The highest BCUT2D eigenvalue weighted by Gasteiger charge is 2.22. The lowest BCUT2D eigenvalue weighted by molar-refractivity contribution is -0.124. The number of hydrogen-bond acceptors (Lipinski definition) is 3. The highest BCUT2D eigenvalue weighted by molar-refractivity contribution is 7.12. The molecule has 4 heteroatoms. The number of hydrogen-bond donors (Lipinski definition) is 0. The van der Waals surface area contributed by atoms with Gasteiger partial charge in [0.25, 0.3) is 11.8 Å². The zero-order valence-corrected chi connectivity index (χ0v) is 14.4. The van der Waals surface area contributed by atoms with Crippen LogP contribution in [0.25, 0.3) is 6.08 Å². The Morgan fingerprint density at radius 2 is 1.56 bits per heavy atom. The van der Waals surface area contributed by atoms with E-state index in [0.717, 1.165) is 11.1 Å². The van der Waals surface area contributed by atoms with Gasteiger partial charge in [-0.3, -0.25) is 14.5 Å². The van der Waals surface area contributed by atoms with Gasteiger partial charge in [-0.15, -0.1) is 11.3 Å². The first-order valence-electron chi connectivity index (χ1n) is 7.90. The summed E-state index contributed by atoms with van der Waals surface area (Å²) in [6.07, 6.45) is 3.17. The predicted octanol–water partition coefficient (Wildman–Crippen LogP) is 4.63. The minimum absolute atomic E-state index is 0.246. The van der Waals surface area contributed by atoms with Crippen LogP contribution in [0.5, 0.6) is 0 Å². The molecule has 3 rings (SSSR count). The third-order valence-corrected chi connectivity index (χ3v) is 4.50. The fourth-order valence-electron chi connectivity index (χ4n) is 2.37. The molecule has 0 saturated carbocycles. The van der Waals surface area contributed by atoms with Crippen LogP contribution in [0.3, 0.4) is 0 Å². The minimum atomic E-state index is -0.328. The lowest BCUT2D eigenvalue weighted by atomic mass is 10.2. The normalized spacial score (nSPS) is 10.7. The van der Waals surface area contributed by atoms with E-state index < -0.39 is 0 Å². The van der Waals surface area contributed by atoms with E-state index in [1.165, 1.54) is 22.3 Å². The first-order chi connectivity index (χ1) is 12.2. The molecule has 0 fully saturated rings. The van der Waals surface area contributed by atoms with Crippen LogP contribution >= 0.6 is 11.3 Å². The van der Waals surface area contributed by atoms with Gasteiger partial charge in [-0.1, -0.05) is 66.7 Å². The Bertz CT molecular complexity index is 855. The van der Waals surface area contributed by atoms with Gasteiger partial charge >= 0.3 is 0 Å². The van der Waals surface area contributed by atoms with Crippen molar-refractivity contribution in [3.05, 3.63) is 100 Å². The summed E-state index contributed by atoms with van der Waals surface area (Å²) in [5.74, 6) is -0.604. The first kappa shape index (κ1) is 16.9. The van der Waals surface area contributed by atoms with Crippen molar-refractivity contribution < 1.29 is 9.59 Å². The topological polar surface area (TPSA) is 37.4 Å². The van der Waals surface area contributed by atoms with Crippen molar-refractivity contribution in [2.24, 2.45) is 0 Å². The lowest BCUT2D eigenvalue weighted by Crippen LogP contribution is -2.34. The molecule has 0 spiro atoms. The van der Waals surface area contributed by atoms with E-state index >= 15 is 0 Å². The van der Waals surface area contributed by atoms with Crippen molar-refractivity contribution in [3.63, 3.8) is 0 Å². The smallest absolute Gasteiger partial charge is 0.270 e. The zero-order chi connectivity index (χ0) is 17.5. The molecule has 3 aromatic rings. The maximum absolute atomic E-state index is 12.7. The largest absolute Gasteiger partial charge is 0.271 e. The quantitative estimate of drug-likeness (QED) is 0.631. The molecule has 25 heavy (non-hydrogen) atoms. The Hall–Kier alpha value is -2.98. The van der Waals surface area contributed by atoms with Gasteiger partial charge in [0, 0.05) is 6.08 Å². The molecule has 0 atom stereocenters. The number of amides is 2. The van der Waals surface area contributed by atoms with Crippen molar-refractivity contribution in [2.75, 3.05) is 0 Å². The molecule has 124 valence electrons. The number of thiophene rings is 1. The van der Waals surface area contributed by atoms with Crippen LogP contribution in [-0.2, 0) is 11.3 Å². The molecule has 2 aromatic carbocycles. The van der Waals surface area contributed by atoms with Crippen LogP contribution in [0.4, 0.5) is 0 Å². The SMILES string of the molecule is O=C(/C=C/c1ccccc1)N(Cc1ccccc1)C(=O)c1cccs1. The van der Waals surface area contributed by atoms with E-state index in [2.05, 4.69) is 0 Å². The van der Waals surface area contributed by atoms with Gasteiger partial charge in [0.15, 0.2) is 0 Å². The maximum atomic E-state index is 12.7. The Morgan fingerprint density at radius 3 is 2.20 bits per heavy atom.